The molecule has 3 aromatic rings. The minimum absolute atomic E-state index is 0.262. The van der Waals surface area contributed by atoms with Crippen LogP contribution < -0.4 is 10.6 Å². The second-order valence-corrected chi connectivity index (χ2v) is 8.37. The Morgan fingerprint density at radius 2 is 1.90 bits per heavy atom. The first-order chi connectivity index (χ1) is 14.7. The van der Waals surface area contributed by atoms with E-state index in [1.165, 1.54) is 6.07 Å². The molecule has 9 heteroatoms. The summed E-state index contributed by atoms with van der Waals surface area (Å²) in [4.78, 5) is 38.9. The van der Waals surface area contributed by atoms with Gasteiger partial charge in [-0.25, -0.2) is 4.79 Å². The molecule has 0 unspecified atom stereocenters. The summed E-state index contributed by atoms with van der Waals surface area (Å²) in [7, 11) is 0. The molecule has 0 aliphatic carbocycles. The van der Waals surface area contributed by atoms with Crippen molar-refractivity contribution in [1.29, 1.82) is 0 Å². The van der Waals surface area contributed by atoms with Gasteiger partial charge in [-0.3, -0.25) is 14.5 Å². The Balaban J connectivity index is 1.47. The van der Waals surface area contributed by atoms with Crippen molar-refractivity contribution >= 4 is 52.0 Å². The van der Waals surface area contributed by atoms with Gasteiger partial charge < -0.3 is 15.1 Å². The van der Waals surface area contributed by atoms with E-state index in [0.29, 0.717) is 21.9 Å². The van der Waals surface area contributed by atoms with E-state index in [1.54, 1.807) is 26.0 Å². The van der Waals surface area contributed by atoms with Crippen molar-refractivity contribution < 1.29 is 18.8 Å². The minimum Gasteiger partial charge on any atom is -0.459 e. The zero-order chi connectivity index (χ0) is 22.3. The van der Waals surface area contributed by atoms with E-state index < -0.39 is 36.0 Å². The lowest BCUT2D eigenvalue weighted by Gasteiger charge is -2.22. The van der Waals surface area contributed by atoms with Gasteiger partial charge in [0.2, 0.25) is 5.91 Å². The first kappa shape index (κ1) is 21.2. The lowest BCUT2D eigenvalue weighted by atomic mass is 9.92. The summed E-state index contributed by atoms with van der Waals surface area (Å²) in [6.07, 6.45) is 0. The normalized spacial score (nSPS) is 19.5. The molecule has 1 aliphatic heterocycles. The molecule has 1 fully saturated rings. The molecule has 2 N–H and O–H groups in total. The van der Waals surface area contributed by atoms with Gasteiger partial charge in [0.15, 0.2) is 0 Å². The van der Waals surface area contributed by atoms with Gasteiger partial charge in [0.25, 0.3) is 5.91 Å². The molecule has 4 rings (SSSR count). The Kier molecular flexibility index (Phi) is 5.41. The maximum atomic E-state index is 13.0. The number of nitrogens with zero attached hydrogens (tertiary/aromatic N) is 1. The number of hydrogen-bond acceptors (Lipinski definition) is 4. The summed E-state index contributed by atoms with van der Waals surface area (Å²) in [6, 6.07) is 12.9. The van der Waals surface area contributed by atoms with Crippen LogP contribution in [0.4, 0.5) is 4.79 Å². The first-order valence-corrected chi connectivity index (χ1v) is 10.3. The number of rotatable bonds is 5. The number of carbonyl (C=O) groups is 3. The molecule has 7 nitrogen and oxygen atoms in total. The number of imide groups is 1. The Morgan fingerprint density at radius 3 is 2.61 bits per heavy atom. The SMILES string of the molecule is C[C@@H](NC(=O)CN1C(=O)N[C@](C)(c2ccc(Cl)c(Cl)c2)C1=O)c1cc2ccccc2o1. The molecule has 2 heterocycles. The van der Waals surface area contributed by atoms with Crippen LogP contribution in [0.15, 0.2) is 52.9 Å². The van der Waals surface area contributed by atoms with Crippen molar-refractivity contribution in [3.63, 3.8) is 0 Å². The highest BCUT2D eigenvalue weighted by Gasteiger charge is 2.49. The van der Waals surface area contributed by atoms with Crippen LogP contribution in [0.5, 0.6) is 0 Å². The summed E-state index contributed by atoms with van der Waals surface area (Å²) in [6.45, 7) is 2.90. The summed E-state index contributed by atoms with van der Waals surface area (Å²) < 4.78 is 5.76. The number of urea groups is 1. The second-order valence-electron chi connectivity index (χ2n) is 7.55. The number of benzene rings is 2. The van der Waals surface area contributed by atoms with Crippen LogP contribution in [0, 0.1) is 0 Å². The van der Waals surface area contributed by atoms with Gasteiger partial charge in [0, 0.05) is 5.39 Å². The lowest BCUT2D eigenvalue weighted by Crippen LogP contribution is -2.43. The molecular weight excluding hydrogens is 441 g/mol. The van der Waals surface area contributed by atoms with E-state index >= 15 is 0 Å². The summed E-state index contributed by atoms with van der Waals surface area (Å²) in [5.41, 5.74) is -0.167. The van der Waals surface area contributed by atoms with Crippen molar-refractivity contribution in [2.75, 3.05) is 6.54 Å². The Hall–Kier alpha value is -3.03. The molecule has 1 aliphatic rings. The molecule has 1 saturated heterocycles. The van der Waals surface area contributed by atoms with Crippen LogP contribution in [-0.2, 0) is 15.1 Å². The smallest absolute Gasteiger partial charge is 0.325 e. The number of amides is 4. The Bertz CT molecular complexity index is 1180. The van der Waals surface area contributed by atoms with Crippen LogP contribution in [0.2, 0.25) is 10.0 Å². The summed E-state index contributed by atoms with van der Waals surface area (Å²) >= 11 is 12.0. The predicted octanol–water partition coefficient (Wildman–Crippen LogP) is 4.38. The molecule has 0 spiro atoms. The molecule has 0 radical (unpaired) electrons. The minimum atomic E-state index is -1.35. The lowest BCUT2D eigenvalue weighted by molar-refractivity contribution is -0.135. The quantitative estimate of drug-likeness (QED) is 0.553. The fraction of sp³-hybridized carbons (Fsp3) is 0.227. The average molecular weight is 460 g/mol. The second kappa shape index (κ2) is 7.90. The van der Waals surface area contributed by atoms with Gasteiger partial charge in [-0.2, -0.15) is 0 Å². The van der Waals surface area contributed by atoms with Crippen molar-refractivity contribution in [2.24, 2.45) is 0 Å². The maximum absolute atomic E-state index is 13.0. The highest BCUT2D eigenvalue weighted by molar-refractivity contribution is 6.42. The number of carbonyl (C=O) groups excluding carboxylic acids is 3. The van der Waals surface area contributed by atoms with Gasteiger partial charge in [-0.1, -0.05) is 47.5 Å². The molecule has 1 aromatic heterocycles. The zero-order valence-corrected chi connectivity index (χ0v) is 18.3. The van der Waals surface area contributed by atoms with Crippen LogP contribution in [-0.4, -0.2) is 29.3 Å². The van der Waals surface area contributed by atoms with E-state index in [9.17, 15) is 14.4 Å². The van der Waals surface area contributed by atoms with Crippen LogP contribution in [0.3, 0.4) is 0 Å². The topological polar surface area (TPSA) is 91.7 Å². The van der Waals surface area contributed by atoms with E-state index in [4.69, 9.17) is 27.6 Å². The van der Waals surface area contributed by atoms with Gasteiger partial charge in [0.1, 0.15) is 23.4 Å². The largest absolute Gasteiger partial charge is 0.459 e. The number of para-hydroxylation sites is 1. The number of hydrogen-bond donors (Lipinski definition) is 2. The van der Waals surface area contributed by atoms with Crippen molar-refractivity contribution in [1.82, 2.24) is 15.5 Å². The highest BCUT2D eigenvalue weighted by atomic mass is 35.5. The predicted molar refractivity (Wildman–Crippen MR) is 117 cm³/mol. The van der Waals surface area contributed by atoms with Crippen molar-refractivity contribution in [3.8, 4) is 0 Å². The summed E-state index contributed by atoms with van der Waals surface area (Å²) in [5, 5.41) is 6.92. The molecule has 0 bridgehead atoms. The van der Waals surface area contributed by atoms with E-state index in [-0.39, 0.29) is 5.02 Å². The monoisotopic (exact) mass is 459 g/mol. The number of halogens is 2. The third-order valence-corrected chi connectivity index (χ3v) is 6.06. The van der Waals surface area contributed by atoms with Gasteiger partial charge in [-0.05, 0) is 43.7 Å². The average Bonchev–Trinajstić information content (AvgIpc) is 3.25. The number of nitrogens with one attached hydrogen (secondary N) is 2. The number of fused-ring (bicyclic) bond motifs is 1. The molecule has 0 saturated carbocycles. The van der Waals surface area contributed by atoms with Crippen molar-refractivity contribution in [2.45, 2.75) is 25.4 Å². The van der Waals surface area contributed by atoms with E-state index in [1.807, 2.05) is 30.3 Å². The van der Waals surface area contributed by atoms with E-state index in [0.717, 1.165) is 10.3 Å². The maximum Gasteiger partial charge on any atom is 0.325 e. The van der Waals surface area contributed by atoms with Crippen LogP contribution in [0.1, 0.15) is 31.2 Å². The van der Waals surface area contributed by atoms with Gasteiger partial charge in [-0.15, -0.1) is 0 Å². The fourth-order valence-corrected chi connectivity index (χ4v) is 3.86. The third-order valence-electron chi connectivity index (χ3n) is 5.32. The third kappa shape index (κ3) is 3.86. The number of furan rings is 1. The molecule has 2 aromatic carbocycles. The van der Waals surface area contributed by atoms with Crippen LogP contribution in [0.25, 0.3) is 11.0 Å². The molecule has 4 amide bonds. The highest BCUT2D eigenvalue weighted by Crippen LogP contribution is 2.33. The molecule has 160 valence electrons. The standard InChI is InChI=1S/C22H19Cl2N3O4/c1-12(18-9-13-5-3-4-6-17(13)31-18)25-19(28)11-27-20(29)22(2,26-21(27)30)14-7-8-15(23)16(24)10-14/h3-10,12H,11H2,1-2H3,(H,25,28)(H,26,30)/t12-,22-/m1/s1. The molecule has 2 atom stereocenters. The molecular formula is C22H19Cl2N3O4. The van der Waals surface area contributed by atoms with E-state index in [2.05, 4.69) is 10.6 Å². The Labute approximate surface area is 188 Å². The van der Waals surface area contributed by atoms with Crippen LogP contribution >= 0.6 is 23.2 Å². The van der Waals surface area contributed by atoms with Crippen molar-refractivity contribution in [3.05, 3.63) is 69.9 Å². The first-order valence-electron chi connectivity index (χ1n) is 9.56. The van der Waals surface area contributed by atoms with Gasteiger partial charge in [0.05, 0.1) is 16.1 Å². The fourth-order valence-electron chi connectivity index (χ4n) is 3.56. The Morgan fingerprint density at radius 1 is 1.16 bits per heavy atom. The zero-order valence-electron chi connectivity index (χ0n) is 16.7. The molecule has 31 heavy (non-hydrogen) atoms. The van der Waals surface area contributed by atoms with Gasteiger partial charge >= 0.3 is 6.03 Å². The summed E-state index contributed by atoms with van der Waals surface area (Å²) in [5.74, 6) is -0.468.